The highest BCUT2D eigenvalue weighted by Crippen LogP contribution is 2.36. The number of rotatable bonds is 7. The van der Waals surface area contributed by atoms with Crippen molar-refractivity contribution in [2.45, 2.75) is 6.42 Å². The molecule has 0 fully saturated rings. The molecular formula is C14H14BrN3O3. The predicted molar refractivity (Wildman–Crippen MR) is 82.4 cm³/mol. The first-order chi connectivity index (χ1) is 10.1. The van der Waals surface area contributed by atoms with E-state index in [2.05, 4.69) is 33.0 Å². The van der Waals surface area contributed by atoms with Crippen LogP contribution in [-0.4, -0.2) is 25.8 Å². The molecule has 0 bridgehead atoms. The first-order valence-corrected chi connectivity index (χ1v) is 6.71. The molecule has 1 rings (SSSR count). The molecule has 6 nitrogen and oxygen atoms in total. The van der Waals surface area contributed by atoms with Crippen LogP contribution in [0.25, 0.3) is 0 Å². The van der Waals surface area contributed by atoms with Crippen LogP contribution in [0.4, 0.5) is 0 Å². The third-order valence-electron chi connectivity index (χ3n) is 2.24. The van der Waals surface area contributed by atoms with Crippen LogP contribution in [0.2, 0.25) is 0 Å². The van der Waals surface area contributed by atoms with E-state index in [0.29, 0.717) is 28.1 Å². The standard InChI is InChI=1S/C14H14BrN3O3/c1-3-6-21-14-11(15)7-10(8-12(14)20-2)9-17-18-13(19)4-5-16/h3,7-9H,1,4,6H2,2H3,(H,18,19)/b17-9-. The van der Waals surface area contributed by atoms with Crippen molar-refractivity contribution in [2.75, 3.05) is 13.7 Å². The number of methoxy groups -OCH3 is 1. The minimum atomic E-state index is -0.467. The predicted octanol–water partition coefficient (Wildman–Crippen LogP) is 2.39. The number of nitrogens with zero attached hydrogens (tertiary/aromatic N) is 2. The number of carbonyl (C=O) groups excluding carboxylic acids is 1. The Morgan fingerprint density at radius 1 is 1.62 bits per heavy atom. The summed E-state index contributed by atoms with van der Waals surface area (Å²) in [6.45, 7) is 3.94. The Morgan fingerprint density at radius 2 is 2.38 bits per heavy atom. The largest absolute Gasteiger partial charge is 0.493 e. The highest BCUT2D eigenvalue weighted by atomic mass is 79.9. The maximum absolute atomic E-state index is 11.1. The molecule has 0 saturated heterocycles. The maximum atomic E-state index is 11.1. The van der Waals surface area contributed by atoms with Crippen molar-refractivity contribution in [2.24, 2.45) is 5.10 Å². The molecule has 1 aromatic rings. The van der Waals surface area contributed by atoms with Crippen LogP contribution in [0.3, 0.4) is 0 Å². The zero-order valence-electron chi connectivity index (χ0n) is 11.4. The van der Waals surface area contributed by atoms with Crippen molar-refractivity contribution in [1.29, 1.82) is 5.26 Å². The second-order valence-corrected chi connectivity index (χ2v) is 4.62. The first kappa shape index (κ1) is 16.7. The second-order valence-electron chi connectivity index (χ2n) is 3.76. The quantitative estimate of drug-likeness (QED) is 0.464. The van der Waals surface area contributed by atoms with Crippen LogP contribution in [0.15, 0.2) is 34.4 Å². The molecule has 0 aliphatic heterocycles. The van der Waals surface area contributed by atoms with Gasteiger partial charge in [0.1, 0.15) is 13.0 Å². The molecule has 0 heterocycles. The van der Waals surface area contributed by atoms with Gasteiger partial charge in [0.05, 0.1) is 23.9 Å². The van der Waals surface area contributed by atoms with Crippen molar-refractivity contribution < 1.29 is 14.3 Å². The van der Waals surface area contributed by atoms with Crippen LogP contribution >= 0.6 is 15.9 Å². The number of amides is 1. The number of nitrogens with one attached hydrogen (secondary N) is 1. The molecule has 0 atom stereocenters. The van der Waals surface area contributed by atoms with E-state index in [1.807, 2.05) is 0 Å². The number of hydrogen-bond acceptors (Lipinski definition) is 5. The van der Waals surface area contributed by atoms with Crippen LogP contribution in [-0.2, 0) is 4.79 Å². The molecule has 0 aliphatic rings. The van der Waals surface area contributed by atoms with Crippen LogP contribution in [0, 0.1) is 11.3 Å². The third-order valence-corrected chi connectivity index (χ3v) is 2.83. The molecular weight excluding hydrogens is 338 g/mol. The highest BCUT2D eigenvalue weighted by molar-refractivity contribution is 9.10. The Labute approximate surface area is 131 Å². The molecule has 7 heteroatoms. The van der Waals surface area contributed by atoms with Gasteiger partial charge in [-0.25, -0.2) is 5.43 Å². The summed E-state index contributed by atoms with van der Waals surface area (Å²) in [6, 6.07) is 5.21. The van der Waals surface area contributed by atoms with Crippen molar-refractivity contribution in [3.63, 3.8) is 0 Å². The van der Waals surface area contributed by atoms with E-state index in [-0.39, 0.29) is 6.42 Å². The molecule has 21 heavy (non-hydrogen) atoms. The monoisotopic (exact) mass is 351 g/mol. The number of benzene rings is 1. The van der Waals surface area contributed by atoms with E-state index >= 15 is 0 Å². The number of carbonyl (C=O) groups is 1. The Balaban J connectivity index is 2.88. The van der Waals surface area contributed by atoms with Crippen LogP contribution < -0.4 is 14.9 Å². The lowest BCUT2D eigenvalue weighted by Gasteiger charge is -2.12. The van der Waals surface area contributed by atoms with Crippen molar-refractivity contribution >= 4 is 28.1 Å². The summed E-state index contributed by atoms with van der Waals surface area (Å²) in [5.74, 6) is 0.616. The van der Waals surface area contributed by atoms with E-state index < -0.39 is 5.91 Å². The molecule has 0 aromatic heterocycles. The average molecular weight is 352 g/mol. The zero-order valence-corrected chi connectivity index (χ0v) is 13.0. The van der Waals surface area contributed by atoms with Crippen molar-refractivity contribution in [3.05, 3.63) is 34.8 Å². The van der Waals surface area contributed by atoms with Gasteiger partial charge in [0.2, 0.25) is 0 Å². The Morgan fingerprint density at radius 3 is 3.00 bits per heavy atom. The van der Waals surface area contributed by atoms with Crippen LogP contribution in [0.5, 0.6) is 11.5 Å². The van der Waals surface area contributed by atoms with Gasteiger partial charge in [0.15, 0.2) is 11.5 Å². The third kappa shape index (κ3) is 5.28. The lowest BCUT2D eigenvalue weighted by Crippen LogP contribution is -2.16. The molecule has 0 spiro atoms. The number of halogens is 1. The summed E-state index contributed by atoms with van der Waals surface area (Å²) in [6.07, 6.45) is 2.84. The van der Waals surface area contributed by atoms with Gasteiger partial charge in [0, 0.05) is 0 Å². The molecule has 1 amide bonds. The Bertz CT molecular complexity index is 594. The fraction of sp³-hybridized carbons (Fsp3) is 0.214. The van der Waals surface area contributed by atoms with E-state index in [1.165, 1.54) is 13.3 Å². The van der Waals surface area contributed by atoms with Gasteiger partial charge in [0.25, 0.3) is 5.91 Å². The SMILES string of the molecule is C=CCOc1c(Br)cc(/C=N\NC(=O)CC#N)cc1OC. The van der Waals surface area contributed by atoms with Gasteiger partial charge in [-0.1, -0.05) is 12.7 Å². The molecule has 110 valence electrons. The highest BCUT2D eigenvalue weighted by Gasteiger charge is 2.10. The summed E-state index contributed by atoms with van der Waals surface area (Å²) in [5, 5.41) is 12.1. The summed E-state index contributed by atoms with van der Waals surface area (Å²) in [5.41, 5.74) is 2.94. The normalized spacial score (nSPS) is 9.95. The summed E-state index contributed by atoms with van der Waals surface area (Å²) in [7, 11) is 1.53. The van der Waals surface area contributed by atoms with Gasteiger partial charge >= 0.3 is 0 Å². The van der Waals surface area contributed by atoms with Crippen LogP contribution in [0.1, 0.15) is 12.0 Å². The van der Waals surface area contributed by atoms with E-state index in [1.54, 1.807) is 24.3 Å². The molecule has 0 saturated carbocycles. The van der Waals surface area contributed by atoms with Gasteiger partial charge in [-0.3, -0.25) is 4.79 Å². The topological polar surface area (TPSA) is 83.7 Å². The number of nitriles is 1. The molecule has 0 unspecified atom stereocenters. The fourth-order valence-corrected chi connectivity index (χ4v) is 1.96. The fourth-order valence-electron chi connectivity index (χ4n) is 1.39. The summed E-state index contributed by atoms with van der Waals surface area (Å²) >= 11 is 3.38. The zero-order chi connectivity index (χ0) is 15.7. The Kier molecular flexibility index (Phi) is 6.98. The number of ether oxygens (including phenoxy) is 2. The minimum Gasteiger partial charge on any atom is -0.493 e. The lowest BCUT2D eigenvalue weighted by molar-refractivity contribution is -0.120. The lowest BCUT2D eigenvalue weighted by atomic mass is 10.2. The summed E-state index contributed by atoms with van der Waals surface area (Å²) < 4.78 is 11.4. The summed E-state index contributed by atoms with van der Waals surface area (Å²) in [4.78, 5) is 11.1. The molecule has 1 aromatic carbocycles. The molecule has 0 aliphatic carbocycles. The average Bonchev–Trinajstić information content (AvgIpc) is 2.46. The van der Waals surface area contributed by atoms with Gasteiger partial charge < -0.3 is 9.47 Å². The molecule has 1 N–H and O–H groups in total. The maximum Gasteiger partial charge on any atom is 0.254 e. The first-order valence-electron chi connectivity index (χ1n) is 5.92. The van der Waals surface area contributed by atoms with Gasteiger partial charge in [-0.05, 0) is 33.6 Å². The van der Waals surface area contributed by atoms with Crippen molar-refractivity contribution in [3.8, 4) is 17.6 Å². The number of hydrazone groups is 1. The Hall–Kier alpha value is -2.33. The second kappa shape index (κ2) is 8.76. The number of hydrogen-bond donors (Lipinski definition) is 1. The molecule has 0 radical (unpaired) electrons. The van der Waals surface area contributed by atoms with Crippen molar-refractivity contribution in [1.82, 2.24) is 5.43 Å². The van der Waals surface area contributed by atoms with E-state index in [9.17, 15) is 4.79 Å². The van der Waals surface area contributed by atoms with E-state index in [4.69, 9.17) is 14.7 Å². The van der Waals surface area contributed by atoms with Gasteiger partial charge in [-0.2, -0.15) is 10.4 Å². The minimum absolute atomic E-state index is 0.237. The van der Waals surface area contributed by atoms with E-state index in [0.717, 1.165) is 0 Å². The van der Waals surface area contributed by atoms with Gasteiger partial charge in [-0.15, -0.1) is 0 Å². The smallest absolute Gasteiger partial charge is 0.254 e.